The molecule has 3 heteroatoms. The molecular weight excluding hydrogens is 128 g/mol. The molecule has 0 radical (unpaired) electrons. The van der Waals surface area contributed by atoms with Crippen LogP contribution in [0.1, 0.15) is 6.92 Å². The first-order chi connectivity index (χ1) is 3.18. The standard InChI is InChI=1S/C4H8OS2/c1-3(5)4(6)7-2/h4,6H,1-2H3. The molecule has 1 atom stereocenters. The monoisotopic (exact) mass is 136 g/mol. The molecule has 0 rings (SSSR count). The summed E-state index contributed by atoms with van der Waals surface area (Å²) >= 11 is 5.39. The Morgan fingerprint density at radius 1 is 1.86 bits per heavy atom. The first-order valence-electron chi connectivity index (χ1n) is 1.89. The van der Waals surface area contributed by atoms with Crippen molar-refractivity contribution in [1.29, 1.82) is 0 Å². The van der Waals surface area contributed by atoms with E-state index in [9.17, 15) is 4.79 Å². The Morgan fingerprint density at radius 3 is 2.29 bits per heavy atom. The second-order valence-electron chi connectivity index (χ2n) is 1.20. The van der Waals surface area contributed by atoms with Gasteiger partial charge in [0.25, 0.3) is 0 Å². The molecule has 0 aliphatic rings. The Morgan fingerprint density at radius 2 is 2.29 bits per heavy atom. The third kappa shape index (κ3) is 3.00. The van der Waals surface area contributed by atoms with E-state index in [1.807, 2.05) is 6.26 Å². The van der Waals surface area contributed by atoms with Crippen LogP contribution in [-0.2, 0) is 4.79 Å². The molecule has 0 saturated heterocycles. The van der Waals surface area contributed by atoms with Crippen molar-refractivity contribution in [2.75, 3.05) is 6.26 Å². The molecule has 0 bridgehead atoms. The van der Waals surface area contributed by atoms with Crippen molar-refractivity contribution in [1.82, 2.24) is 0 Å². The molecule has 1 nitrogen and oxygen atoms in total. The van der Waals surface area contributed by atoms with Crippen LogP contribution < -0.4 is 0 Å². The normalized spacial score (nSPS) is 13.6. The number of rotatable bonds is 2. The molecule has 0 saturated carbocycles. The third-order valence-corrected chi connectivity index (χ3v) is 2.35. The molecule has 42 valence electrons. The van der Waals surface area contributed by atoms with Crippen LogP contribution in [0.5, 0.6) is 0 Å². The van der Waals surface area contributed by atoms with Crippen LogP contribution in [-0.4, -0.2) is 16.6 Å². The summed E-state index contributed by atoms with van der Waals surface area (Å²) in [6, 6.07) is 0. The highest BCUT2D eigenvalue weighted by Gasteiger charge is 2.02. The summed E-state index contributed by atoms with van der Waals surface area (Å²) < 4.78 is -0.125. The van der Waals surface area contributed by atoms with Gasteiger partial charge >= 0.3 is 0 Å². The lowest BCUT2D eigenvalue weighted by Gasteiger charge is -1.97. The lowest BCUT2D eigenvalue weighted by atomic mass is 10.5. The molecule has 0 N–H and O–H groups in total. The fraction of sp³-hybridized carbons (Fsp3) is 0.750. The molecule has 0 aliphatic heterocycles. The van der Waals surface area contributed by atoms with Crippen molar-refractivity contribution in [2.45, 2.75) is 11.5 Å². The van der Waals surface area contributed by atoms with E-state index in [4.69, 9.17) is 0 Å². The van der Waals surface area contributed by atoms with Gasteiger partial charge in [0.1, 0.15) is 4.58 Å². The Hall–Kier alpha value is 0.370. The Balaban J connectivity index is 3.34. The van der Waals surface area contributed by atoms with E-state index >= 15 is 0 Å². The molecule has 7 heavy (non-hydrogen) atoms. The number of Topliss-reactive ketones (excluding diaryl/α,β-unsaturated/α-hetero) is 1. The smallest absolute Gasteiger partial charge is 0.152 e. The molecule has 0 heterocycles. The number of hydrogen-bond donors (Lipinski definition) is 1. The highest BCUT2D eigenvalue weighted by atomic mass is 32.2. The van der Waals surface area contributed by atoms with E-state index in [1.165, 1.54) is 18.7 Å². The number of thiol groups is 1. The average Bonchev–Trinajstić information content (AvgIpc) is 1.65. The maximum absolute atomic E-state index is 10.3. The van der Waals surface area contributed by atoms with Gasteiger partial charge in [-0.3, -0.25) is 4.79 Å². The van der Waals surface area contributed by atoms with Gasteiger partial charge in [0, 0.05) is 0 Å². The van der Waals surface area contributed by atoms with Gasteiger partial charge in [0.15, 0.2) is 5.78 Å². The fourth-order valence-corrected chi connectivity index (χ4v) is 0.498. The van der Waals surface area contributed by atoms with Crippen LogP contribution in [0.15, 0.2) is 0 Å². The number of ketones is 1. The van der Waals surface area contributed by atoms with Crippen LogP contribution in [0.2, 0.25) is 0 Å². The summed E-state index contributed by atoms with van der Waals surface area (Å²) in [4.78, 5) is 10.3. The second kappa shape index (κ2) is 3.38. The predicted octanol–water partition coefficient (Wildman–Crippen LogP) is 1.19. The zero-order valence-electron chi connectivity index (χ0n) is 4.34. The number of carbonyl (C=O) groups is 1. The SMILES string of the molecule is CSC(S)C(C)=O. The van der Waals surface area contributed by atoms with E-state index in [0.717, 1.165) is 0 Å². The lowest BCUT2D eigenvalue weighted by molar-refractivity contribution is -0.115. The molecule has 0 spiro atoms. The summed E-state index contributed by atoms with van der Waals surface area (Å²) in [5.41, 5.74) is 0. The molecule has 0 aromatic carbocycles. The average molecular weight is 136 g/mol. The molecule has 1 unspecified atom stereocenters. The molecule has 0 fully saturated rings. The maximum atomic E-state index is 10.3. The second-order valence-corrected chi connectivity index (χ2v) is 3.01. The van der Waals surface area contributed by atoms with Crippen molar-refractivity contribution in [3.8, 4) is 0 Å². The van der Waals surface area contributed by atoms with E-state index in [-0.39, 0.29) is 10.4 Å². The van der Waals surface area contributed by atoms with E-state index in [2.05, 4.69) is 12.6 Å². The number of hydrogen-bond acceptors (Lipinski definition) is 3. The first-order valence-corrected chi connectivity index (χ1v) is 3.70. The summed E-state index contributed by atoms with van der Waals surface area (Å²) in [5, 5.41) is 0. The van der Waals surface area contributed by atoms with Gasteiger partial charge in [-0.2, -0.15) is 12.6 Å². The summed E-state index contributed by atoms with van der Waals surface area (Å²) in [6.45, 7) is 1.54. The van der Waals surface area contributed by atoms with Crippen LogP contribution in [0.25, 0.3) is 0 Å². The van der Waals surface area contributed by atoms with Gasteiger partial charge in [0.2, 0.25) is 0 Å². The van der Waals surface area contributed by atoms with Gasteiger partial charge in [-0.25, -0.2) is 0 Å². The van der Waals surface area contributed by atoms with Crippen molar-refractivity contribution in [3.63, 3.8) is 0 Å². The van der Waals surface area contributed by atoms with Crippen LogP contribution in [0.3, 0.4) is 0 Å². The van der Waals surface area contributed by atoms with Crippen molar-refractivity contribution < 1.29 is 4.79 Å². The lowest BCUT2D eigenvalue weighted by Crippen LogP contribution is -2.03. The van der Waals surface area contributed by atoms with Gasteiger partial charge in [-0.1, -0.05) is 0 Å². The first kappa shape index (κ1) is 7.37. The predicted molar refractivity (Wildman–Crippen MR) is 37.0 cm³/mol. The summed E-state index contributed by atoms with van der Waals surface area (Å²) in [5.74, 6) is 0.121. The molecular formula is C4H8OS2. The summed E-state index contributed by atoms with van der Waals surface area (Å²) in [7, 11) is 0. The maximum Gasteiger partial charge on any atom is 0.152 e. The summed E-state index contributed by atoms with van der Waals surface area (Å²) in [6.07, 6.45) is 1.86. The Bertz CT molecular complexity index is 72.1. The highest BCUT2D eigenvalue weighted by Crippen LogP contribution is 2.09. The Kier molecular flexibility index (Phi) is 3.56. The zero-order valence-corrected chi connectivity index (χ0v) is 6.05. The minimum Gasteiger partial charge on any atom is -0.298 e. The third-order valence-electron chi connectivity index (χ3n) is 0.571. The van der Waals surface area contributed by atoms with Crippen LogP contribution >= 0.6 is 24.4 Å². The van der Waals surface area contributed by atoms with Gasteiger partial charge in [-0.15, -0.1) is 11.8 Å². The zero-order chi connectivity index (χ0) is 5.86. The van der Waals surface area contributed by atoms with Gasteiger partial charge in [0.05, 0.1) is 0 Å². The molecule has 0 aromatic heterocycles. The van der Waals surface area contributed by atoms with Crippen molar-refractivity contribution in [3.05, 3.63) is 0 Å². The van der Waals surface area contributed by atoms with Crippen molar-refractivity contribution >= 4 is 30.2 Å². The molecule has 0 amide bonds. The van der Waals surface area contributed by atoms with E-state index < -0.39 is 0 Å². The van der Waals surface area contributed by atoms with Gasteiger partial charge in [-0.05, 0) is 13.2 Å². The van der Waals surface area contributed by atoms with Crippen LogP contribution in [0, 0.1) is 0 Å². The fourth-order valence-electron chi connectivity index (χ4n) is 0.166. The van der Waals surface area contributed by atoms with E-state index in [1.54, 1.807) is 0 Å². The topological polar surface area (TPSA) is 17.1 Å². The quantitative estimate of drug-likeness (QED) is 0.454. The highest BCUT2D eigenvalue weighted by molar-refractivity contribution is 8.10. The molecule has 0 aliphatic carbocycles. The Labute approximate surface area is 53.3 Å². The van der Waals surface area contributed by atoms with Gasteiger partial charge < -0.3 is 0 Å². The number of thioether (sulfide) groups is 1. The van der Waals surface area contributed by atoms with Crippen LogP contribution in [0.4, 0.5) is 0 Å². The number of carbonyl (C=O) groups excluding carboxylic acids is 1. The van der Waals surface area contributed by atoms with E-state index in [0.29, 0.717) is 0 Å². The minimum atomic E-state index is -0.125. The molecule has 0 aromatic rings. The van der Waals surface area contributed by atoms with Crippen molar-refractivity contribution in [2.24, 2.45) is 0 Å². The minimum absolute atomic E-state index is 0.121. The largest absolute Gasteiger partial charge is 0.298 e.